The zero-order valence-corrected chi connectivity index (χ0v) is 29.0. The van der Waals surface area contributed by atoms with Crippen LogP contribution in [-0.2, 0) is 33.5 Å². The average molecular weight is 689 g/mol. The largest absolute Gasteiger partial charge is 0.481 e. The molecule has 6 N–H and O–H groups in total. The Bertz CT molecular complexity index is 1190. The van der Waals surface area contributed by atoms with E-state index in [0.29, 0.717) is 31.7 Å². The monoisotopic (exact) mass is 688 g/mol. The second kappa shape index (κ2) is 16.8. The van der Waals surface area contributed by atoms with E-state index in [1.807, 2.05) is 7.05 Å². The van der Waals surface area contributed by atoms with E-state index in [4.69, 9.17) is 4.74 Å². The second-order valence-corrected chi connectivity index (χ2v) is 15.4. The number of carbonyl (C=O) groups is 6. The molecule has 13 heteroatoms. The van der Waals surface area contributed by atoms with Crippen LogP contribution in [-0.4, -0.2) is 89.1 Å². The number of ether oxygens (including phenoxy) is 1. The summed E-state index contributed by atoms with van der Waals surface area (Å²) in [6, 6.07) is 0.626. The Morgan fingerprint density at radius 2 is 0.816 bits per heavy atom. The summed E-state index contributed by atoms with van der Waals surface area (Å²) in [5.74, 6) is -8.90. The van der Waals surface area contributed by atoms with Crippen molar-refractivity contribution < 1.29 is 43.7 Å². The van der Waals surface area contributed by atoms with Gasteiger partial charge in [-0.3, -0.25) is 28.8 Å². The van der Waals surface area contributed by atoms with Gasteiger partial charge in [0.25, 0.3) is 0 Å². The summed E-state index contributed by atoms with van der Waals surface area (Å²) in [6.45, 7) is 1.19. The molecule has 0 bridgehead atoms. The topological polar surface area (TPSA) is 200 Å². The molecule has 0 heterocycles. The van der Waals surface area contributed by atoms with Crippen LogP contribution in [0.2, 0.25) is 0 Å². The van der Waals surface area contributed by atoms with Crippen molar-refractivity contribution in [1.29, 1.82) is 0 Å². The number of hydrogen-bond donors (Lipinski definition) is 6. The molecular weight excluding hydrogens is 632 g/mol. The second-order valence-electron chi connectivity index (χ2n) is 15.4. The Morgan fingerprint density at radius 1 is 0.469 bits per heavy atom. The number of rotatable bonds is 12. The van der Waals surface area contributed by atoms with Crippen LogP contribution >= 0.6 is 0 Å². The fourth-order valence-corrected chi connectivity index (χ4v) is 9.23. The van der Waals surface area contributed by atoms with E-state index < -0.39 is 47.3 Å². The molecule has 274 valence electrons. The molecule has 49 heavy (non-hydrogen) atoms. The number of hydrogen-bond acceptors (Lipinski definition) is 8. The zero-order chi connectivity index (χ0) is 35.2. The smallest absolute Gasteiger partial charge is 0.308 e. The SMILES string of the molecule is CNC1CCC(C(=O)NC2CCC(OC3CCC(NC(=O)C4CCC(NC(=O)C5C(C(C)=O)C(C(=O)O)C5C(=O)O)CC4)CC3)CC2)CC1. The standard InChI is InChI=1S/C36H56N4O9/c1-19(41)28-29(31(36(47)48)30(28)35(45)46)34(44)40-23-9-5-21(6-10-23)33(43)39-25-13-17-27(18-14-25)49-26-15-11-24(12-16-26)38-32(42)20-3-7-22(37-2)8-4-20/h20-31,37H,3-18H2,1-2H3,(H,38,42)(H,39,43)(H,40,44)(H,45,46)(H,47,48). The first kappa shape index (κ1) is 37.2. The van der Waals surface area contributed by atoms with Gasteiger partial charge in [-0.25, -0.2) is 0 Å². The van der Waals surface area contributed by atoms with Gasteiger partial charge in [0, 0.05) is 41.9 Å². The van der Waals surface area contributed by atoms with Crippen LogP contribution < -0.4 is 21.3 Å². The Labute approximate surface area is 288 Å². The van der Waals surface area contributed by atoms with Crippen molar-refractivity contribution in [2.45, 2.75) is 146 Å². The number of carboxylic acids is 2. The highest BCUT2D eigenvalue weighted by atomic mass is 16.5. The summed E-state index contributed by atoms with van der Waals surface area (Å²) >= 11 is 0. The minimum absolute atomic E-state index is 0.0236. The fourth-order valence-electron chi connectivity index (χ4n) is 9.23. The molecule has 3 amide bonds. The molecule has 0 spiro atoms. The van der Waals surface area contributed by atoms with Gasteiger partial charge in [0.2, 0.25) is 17.7 Å². The van der Waals surface area contributed by atoms with E-state index in [0.717, 1.165) is 77.0 Å². The number of nitrogens with one attached hydrogen (secondary N) is 4. The van der Waals surface area contributed by atoms with Gasteiger partial charge >= 0.3 is 11.9 Å². The molecule has 0 aromatic heterocycles. The van der Waals surface area contributed by atoms with Gasteiger partial charge in [-0.15, -0.1) is 0 Å². The molecule has 5 aliphatic rings. The van der Waals surface area contributed by atoms with Gasteiger partial charge in [0.05, 0.1) is 30.0 Å². The van der Waals surface area contributed by atoms with Crippen LogP contribution in [0, 0.1) is 35.5 Å². The molecule has 4 unspecified atom stereocenters. The maximum Gasteiger partial charge on any atom is 0.308 e. The maximum atomic E-state index is 13.1. The minimum atomic E-state index is -1.44. The zero-order valence-electron chi connectivity index (χ0n) is 29.0. The molecule has 0 aliphatic heterocycles. The van der Waals surface area contributed by atoms with E-state index in [9.17, 15) is 39.0 Å². The molecule has 5 saturated carbocycles. The number of amides is 3. The van der Waals surface area contributed by atoms with Gasteiger partial charge in [-0.1, -0.05) is 0 Å². The van der Waals surface area contributed by atoms with Crippen molar-refractivity contribution in [3.63, 3.8) is 0 Å². The van der Waals surface area contributed by atoms with Crippen LogP contribution in [0.4, 0.5) is 0 Å². The summed E-state index contributed by atoms with van der Waals surface area (Å²) in [5, 5.41) is 31.7. The molecule has 13 nitrogen and oxygen atoms in total. The lowest BCUT2D eigenvalue weighted by Gasteiger charge is -2.45. The van der Waals surface area contributed by atoms with Crippen LogP contribution in [0.1, 0.15) is 110 Å². The highest BCUT2D eigenvalue weighted by Gasteiger charge is 2.62. The lowest BCUT2D eigenvalue weighted by atomic mass is 9.54. The summed E-state index contributed by atoms with van der Waals surface area (Å²) in [4.78, 5) is 74.4. The first-order valence-corrected chi connectivity index (χ1v) is 18.6. The van der Waals surface area contributed by atoms with Crippen molar-refractivity contribution in [3.05, 3.63) is 0 Å². The molecule has 5 rings (SSSR count). The van der Waals surface area contributed by atoms with Crippen LogP contribution in [0.15, 0.2) is 0 Å². The molecule has 0 radical (unpaired) electrons. The summed E-state index contributed by atoms with van der Waals surface area (Å²) < 4.78 is 6.48. The van der Waals surface area contributed by atoms with Gasteiger partial charge in [0.1, 0.15) is 5.78 Å². The van der Waals surface area contributed by atoms with E-state index in [1.54, 1.807) is 0 Å². The van der Waals surface area contributed by atoms with E-state index in [-0.39, 0.29) is 54.0 Å². The first-order chi connectivity index (χ1) is 23.4. The molecule has 0 aromatic carbocycles. The fraction of sp³-hybridized carbons (Fsp3) is 0.833. The Hall–Kier alpha value is -3.06. The van der Waals surface area contributed by atoms with Gasteiger partial charge in [-0.2, -0.15) is 0 Å². The van der Waals surface area contributed by atoms with Crippen molar-refractivity contribution >= 4 is 35.4 Å². The highest BCUT2D eigenvalue weighted by Crippen LogP contribution is 2.47. The molecular formula is C36H56N4O9. The molecule has 0 aromatic rings. The number of carboxylic acid groups (broad SMARTS) is 2. The number of aliphatic carboxylic acids is 2. The van der Waals surface area contributed by atoms with Crippen molar-refractivity contribution in [1.82, 2.24) is 21.3 Å². The molecule has 5 aliphatic carbocycles. The van der Waals surface area contributed by atoms with Gasteiger partial charge < -0.3 is 36.2 Å². The molecule has 4 atom stereocenters. The van der Waals surface area contributed by atoms with Crippen molar-refractivity contribution in [3.8, 4) is 0 Å². The first-order valence-electron chi connectivity index (χ1n) is 18.6. The summed E-state index contributed by atoms with van der Waals surface area (Å²) in [5.41, 5.74) is 0. The summed E-state index contributed by atoms with van der Waals surface area (Å²) in [6.07, 6.45) is 14.1. The maximum absolute atomic E-state index is 13.1. The summed E-state index contributed by atoms with van der Waals surface area (Å²) in [7, 11) is 1.99. The normalized spacial score (nSPS) is 37.9. The van der Waals surface area contributed by atoms with Gasteiger partial charge in [-0.05, 0) is 117 Å². The highest BCUT2D eigenvalue weighted by molar-refractivity contribution is 5.99. The third kappa shape index (κ3) is 9.19. The van der Waals surface area contributed by atoms with Crippen molar-refractivity contribution in [2.75, 3.05) is 7.05 Å². The number of Topliss-reactive ketones (excluding diaryl/α,β-unsaturated/α-hetero) is 1. The van der Waals surface area contributed by atoms with E-state index in [1.165, 1.54) is 6.92 Å². The molecule has 0 saturated heterocycles. The van der Waals surface area contributed by atoms with Gasteiger partial charge in [0.15, 0.2) is 0 Å². The van der Waals surface area contributed by atoms with E-state index in [2.05, 4.69) is 21.3 Å². The minimum Gasteiger partial charge on any atom is -0.481 e. The van der Waals surface area contributed by atoms with Crippen LogP contribution in [0.3, 0.4) is 0 Å². The van der Waals surface area contributed by atoms with Crippen LogP contribution in [0.5, 0.6) is 0 Å². The number of ketones is 1. The van der Waals surface area contributed by atoms with Crippen molar-refractivity contribution in [2.24, 2.45) is 35.5 Å². The molecule has 5 fully saturated rings. The number of carbonyl (C=O) groups excluding carboxylic acids is 4. The third-order valence-corrected chi connectivity index (χ3v) is 12.3. The van der Waals surface area contributed by atoms with E-state index >= 15 is 0 Å². The Morgan fingerprint density at radius 3 is 1.18 bits per heavy atom. The lowest BCUT2D eigenvalue weighted by molar-refractivity contribution is -0.180. The predicted octanol–water partition coefficient (Wildman–Crippen LogP) is 2.55. The van der Waals surface area contributed by atoms with Crippen LogP contribution in [0.25, 0.3) is 0 Å². The predicted molar refractivity (Wildman–Crippen MR) is 178 cm³/mol. The lowest BCUT2D eigenvalue weighted by Crippen LogP contribution is -2.62. The average Bonchev–Trinajstić information content (AvgIpc) is 3.06. The quantitative estimate of drug-likeness (QED) is 0.177. The Kier molecular flexibility index (Phi) is 12.7. The third-order valence-electron chi connectivity index (χ3n) is 12.3. The Balaban J connectivity index is 0.958.